The van der Waals surface area contributed by atoms with Gasteiger partial charge in [0.2, 0.25) is 0 Å². The Morgan fingerprint density at radius 2 is 1.70 bits per heavy atom. The highest BCUT2D eigenvalue weighted by Crippen LogP contribution is 2.16. The molecule has 0 radical (unpaired) electrons. The minimum Gasteiger partial charge on any atom is -0.399 e. The number of benzene rings is 1. The fraction of sp³-hybridized carbons (Fsp3) is 0.588. The van der Waals surface area contributed by atoms with Crippen LogP contribution in [0.2, 0.25) is 0 Å². The Morgan fingerprint density at radius 1 is 1.10 bits per heavy atom. The molecule has 0 saturated carbocycles. The standard InChI is InChI=1S/C17H28N2O/c1-4-5-6-7-8-13-17(2,3)19-16(20)14-9-11-15(18)12-10-14/h9-12H,4-8,13,18H2,1-3H3,(H,19,20). The molecule has 3 nitrogen and oxygen atoms in total. The van der Waals surface area contributed by atoms with Crippen molar-refractivity contribution in [3.8, 4) is 0 Å². The number of nitrogens with one attached hydrogen (secondary N) is 1. The minimum atomic E-state index is -0.162. The molecule has 0 heterocycles. The minimum absolute atomic E-state index is 0.0245. The summed E-state index contributed by atoms with van der Waals surface area (Å²) in [4.78, 5) is 12.2. The van der Waals surface area contributed by atoms with E-state index in [-0.39, 0.29) is 11.4 Å². The number of amides is 1. The lowest BCUT2D eigenvalue weighted by atomic mass is 9.95. The van der Waals surface area contributed by atoms with E-state index < -0.39 is 0 Å². The Kier molecular flexibility index (Phi) is 6.56. The molecule has 1 aromatic carbocycles. The van der Waals surface area contributed by atoms with Gasteiger partial charge < -0.3 is 11.1 Å². The number of hydrogen-bond donors (Lipinski definition) is 2. The summed E-state index contributed by atoms with van der Waals surface area (Å²) < 4.78 is 0. The van der Waals surface area contributed by atoms with Crippen LogP contribution in [-0.4, -0.2) is 11.4 Å². The summed E-state index contributed by atoms with van der Waals surface area (Å²) in [5.41, 5.74) is 6.81. The average Bonchev–Trinajstić information content (AvgIpc) is 2.38. The van der Waals surface area contributed by atoms with Crippen molar-refractivity contribution >= 4 is 11.6 Å². The van der Waals surface area contributed by atoms with Gasteiger partial charge in [0.05, 0.1) is 0 Å². The molecule has 0 aromatic heterocycles. The number of anilines is 1. The highest BCUT2D eigenvalue weighted by molar-refractivity contribution is 5.94. The molecular weight excluding hydrogens is 248 g/mol. The summed E-state index contributed by atoms with van der Waals surface area (Å²) in [7, 11) is 0. The van der Waals surface area contributed by atoms with Gasteiger partial charge in [0.1, 0.15) is 0 Å². The maximum Gasteiger partial charge on any atom is 0.251 e. The number of hydrogen-bond acceptors (Lipinski definition) is 2. The molecule has 3 N–H and O–H groups in total. The van der Waals surface area contributed by atoms with E-state index in [1.54, 1.807) is 24.3 Å². The molecule has 0 aliphatic rings. The maximum atomic E-state index is 12.2. The predicted molar refractivity (Wildman–Crippen MR) is 85.8 cm³/mol. The van der Waals surface area contributed by atoms with Crippen LogP contribution in [0.5, 0.6) is 0 Å². The highest BCUT2D eigenvalue weighted by Gasteiger charge is 2.20. The summed E-state index contributed by atoms with van der Waals surface area (Å²) in [6.45, 7) is 6.39. The zero-order valence-corrected chi connectivity index (χ0v) is 13.0. The van der Waals surface area contributed by atoms with Crippen LogP contribution in [0.3, 0.4) is 0 Å². The van der Waals surface area contributed by atoms with Crippen LogP contribution >= 0.6 is 0 Å². The molecule has 1 aromatic rings. The fourth-order valence-corrected chi connectivity index (χ4v) is 2.25. The molecule has 112 valence electrons. The van der Waals surface area contributed by atoms with E-state index in [0.29, 0.717) is 11.3 Å². The van der Waals surface area contributed by atoms with Crippen molar-refractivity contribution in [2.45, 2.75) is 64.8 Å². The van der Waals surface area contributed by atoms with Crippen molar-refractivity contribution in [2.75, 3.05) is 5.73 Å². The molecule has 0 spiro atoms. The average molecular weight is 276 g/mol. The molecule has 1 amide bonds. The van der Waals surface area contributed by atoms with Gasteiger partial charge in [-0.05, 0) is 44.5 Å². The van der Waals surface area contributed by atoms with Gasteiger partial charge in [-0.15, -0.1) is 0 Å². The third kappa shape index (κ3) is 6.09. The quantitative estimate of drug-likeness (QED) is 0.554. The molecule has 3 heteroatoms. The molecule has 0 atom stereocenters. The number of unbranched alkanes of at least 4 members (excludes halogenated alkanes) is 4. The first-order valence-corrected chi connectivity index (χ1v) is 7.62. The van der Waals surface area contributed by atoms with Crippen LogP contribution in [0.15, 0.2) is 24.3 Å². The third-order valence-corrected chi connectivity index (χ3v) is 3.53. The Bertz CT molecular complexity index is 410. The van der Waals surface area contributed by atoms with E-state index in [1.165, 1.54) is 25.7 Å². The normalized spacial score (nSPS) is 11.3. The molecule has 1 rings (SSSR count). The van der Waals surface area contributed by atoms with E-state index in [1.807, 2.05) is 0 Å². The second-order valence-corrected chi connectivity index (χ2v) is 6.12. The Morgan fingerprint density at radius 3 is 2.30 bits per heavy atom. The second-order valence-electron chi connectivity index (χ2n) is 6.12. The van der Waals surface area contributed by atoms with Gasteiger partial charge in [0, 0.05) is 16.8 Å². The van der Waals surface area contributed by atoms with Crippen molar-refractivity contribution in [2.24, 2.45) is 0 Å². The van der Waals surface area contributed by atoms with Gasteiger partial charge in [-0.25, -0.2) is 0 Å². The van der Waals surface area contributed by atoms with Crippen molar-refractivity contribution in [1.29, 1.82) is 0 Å². The zero-order valence-electron chi connectivity index (χ0n) is 13.0. The van der Waals surface area contributed by atoms with E-state index in [0.717, 1.165) is 12.8 Å². The number of nitrogen functional groups attached to an aromatic ring is 1. The van der Waals surface area contributed by atoms with Crippen LogP contribution in [0.25, 0.3) is 0 Å². The smallest absolute Gasteiger partial charge is 0.251 e. The molecule has 0 fully saturated rings. The summed E-state index contributed by atoms with van der Waals surface area (Å²) in [5, 5.41) is 3.10. The van der Waals surface area contributed by atoms with Crippen LogP contribution in [0.1, 0.15) is 69.7 Å². The van der Waals surface area contributed by atoms with E-state index >= 15 is 0 Å². The lowest BCUT2D eigenvalue weighted by Crippen LogP contribution is -2.43. The topological polar surface area (TPSA) is 55.1 Å². The van der Waals surface area contributed by atoms with E-state index in [9.17, 15) is 4.79 Å². The van der Waals surface area contributed by atoms with Gasteiger partial charge >= 0.3 is 0 Å². The highest BCUT2D eigenvalue weighted by atomic mass is 16.1. The van der Waals surface area contributed by atoms with Gasteiger partial charge in [-0.1, -0.05) is 39.0 Å². The van der Waals surface area contributed by atoms with Gasteiger partial charge in [0.25, 0.3) is 5.91 Å². The summed E-state index contributed by atoms with van der Waals surface area (Å²) in [5.74, 6) is -0.0245. The fourth-order valence-electron chi connectivity index (χ4n) is 2.25. The molecule has 0 bridgehead atoms. The third-order valence-electron chi connectivity index (χ3n) is 3.53. The van der Waals surface area contributed by atoms with Crippen molar-refractivity contribution in [3.05, 3.63) is 29.8 Å². The molecular formula is C17H28N2O. The van der Waals surface area contributed by atoms with Gasteiger partial charge in [-0.3, -0.25) is 4.79 Å². The maximum absolute atomic E-state index is 12.2. The lowest BCUT2D eigenvalue weighted by Gasteiger charge is -2.26. The largest absolute Gasteiger partial charge is 0.399 e. The first-order chi connectivity index (χ1) is 9.44. The Labute approximate surface area is 122 Å². The SMILES string of the molecule is CCCCCCCC(C)(C)NC(=O)c1ccc(N)cc1. The number of carbonyl (C=O) groups is 1. The Balaban J connectivity index is 2.40. The lowest BCUT2D eigenvalue weighted by molar-refractivity contribution is 0.0908. The molecule has 0 saturated heterocycles. The van der Waals surface area contributed by atoms with Crippen molar-refractivity contribution in [3.63, 3.8) is 0 Å². The predicted octanol–water partition coefficient (Wildman–Crippen LogP) is 4.14. The van der Waals surface area contributed by atoms with Crippen LogP contribution in [0, 0.1) is 0 Å². The Hall–Kier alpha value is -1.51. The van der Waals surface area contributed by atoms with Gasteiger partial charge in [-0.2, -0.15) is 0 Å². The summed E-state index contributed by atoms with van der Waals surface area (Å²) >= 11 is 0. The monoisotopic (exact) mass is 276 g/mol. The summed E-state index contributed by atoms with van der Waals surface area (Å²) in [6, 6.07) is 7.04. The first-order valence-electron chi connectivity index (χ1n) is 7.62. The molecule has 20 heavy (non-hydrogen) atoms. The number of rotatable bonds is 8. The summed E-state index contributed by atoms with van der Waals surface area (Å²) in [6.07, 6.45) is 7.27. The molecule has 0 aliphatic carbocycles. The van der Waals surface area contributed by atoms with Crippen LogP contribution in [0.4, 0.5) is 5.69 Å². The zero-order chi connectivity index (χ0) is 15.0. The van der Waals surface area contributed by atoms with E-state index in [4.69, 9.17) is 5.73 Å². The first kappa shape index (κ1) is 16.5. The second kappa shape index (κ2) is 7.93. The number of nitrogens with two attached hydrogens (primary N) is 1. The molecule has 0 unspecified atom stereocenters. The van der Waals surface area contributed by atoms with Crippen molar-refractivity contribution in [1.82, 2.24) is 5.32 Å². The number of carbonyl (C=O) groups excluding carboxylic acids is 1. The van der Waals surface area contributed by atoms with Gasteiger partial charge in [0.15, 0.2) is 0 Å². The van der Waals surface area contributed by atoms with E-state index in [2.05, 4.69) is 26.1 Å². The van der Waals surface area contributed by atoms with Crippen LogP contribution < -0.4 is 11.1 Å². The molecule has 0 aliphatic heterocycles. The van der Waals surface area contributed by atoms with Crippen molar-refractivity contribution < 1.29 is 4.79 Å². The van der Waals surface area contributed by atoms with Crippen LogP contribution in [-0.2, 0) is 0 Å².